The molecule has 1 N–H and O–H groups in total. The van der Waals surface area contributed by atoms with E-state index in [0.717, 1.165) is 93.8 Å². The third-order valence-electron chi connectivity index (χ3n) is 19.5. The summed E-state index contributed by atoms with van der Waals surface area (Å²) < 4.78 is 38.1. The van der Waals surface area contributed by atoms with Gasteiger partial charge in [-0.05, 0) is 225 Å². The number of hydrogen-bond acceptors (Lipinski definition) is 13. The fourth-order valence-corrected chi connectivity index (χ4v) is 13.9. The third-order valence-corrected chi connectivity index (χ3v) is 19.5. The summed E-state index contributed by atoms with van der Waals surface area (Å²) in [7, 11) is 0. The second-order valence-corrected chi connectivity index (χ2v) is 26.5. The number of fused-ring (bicyclic) bond motifs is 9. The number of carbonyl (C=O) groups is 5. The zero-order valence-corrected chi connectivity index (χ0v) is 46.4. The van der Waals surface area contributed by atoms with Crippen molar-refractivity contribution in [3.8, 4) is 0 Å². The molecular formula is C58H96O13. The quantitative estimate of drug-likeness (QED) is 0.0881. The highest BCUT2D eigenvalue weighted by molar-refractivity contribution is 5.77. The van der Waals surface area contributed by atoms with Gasteiger partial charge >= 0.3 is 30.0 Å². The van der Waals surface area contributed by atoms with E-state index in [1.54, 1.807) is 0 Å². The number of rotatable bonds is 16. The molecule has 10 aliphatic rings. The SMILES string of the molecule is CCC(C)(C)C(=O)OC1(C)CCCC1.CCC(C)(C)C(=O)OC12CC3CC(CC(OCCO)(C3)C1)C2.CCC(C)(C)C(=O)OC1CC2CC1C1C3CCC(C3)C21.CCC(C)(C)C(=O)OCC1COC(=O)O1. The maximum atomic E-state index is 12.6. The number of hydrogen-bond donors (Lipinski definition) is 1. The Labute approximate surface area is 427 Å². The van der Waals surface area contributed by atoms with Crippen molar-refractivity contribution in [3.63, 3.8) is 0 Å². The summed E-state index contributed by atoms with van der Waals surface area (Å²) >= 11 is 0. The van der Waals surface area contributed by atoms with Crippen molar-refractivity contribution in [3.05, 3.63) is 0 Å². The van der Waals surface area contributed by atoms with Crippen LogP contribution in [0.25, 0.3) is 0 Å². The van der Waals surface area contributed by atoms with Gasteiger partial charge in [0.05, 0.1) is 40.5 Å². The topological polar surface area (TPSA) is 170 Å². The van der Waals surface area contributed by atoms with Crippen LogP contribution >= 0.6 is 0 Å². The number of cyclic esters (lactones) is 2. The van der Waals surface area contributed by atoms with Gasteiger partial charge in [0.2, 0.25) is 0 Å². The van der Waals surface area contributed by atoms with Crippen molar-refractivity contribution in [1.82, 2.24) is 0 Å². The molecule has 1 heterocycles. The van der Waals surface area contributed by atoms with E-state index < -0.39 is 23.1 Å². The first kappa shape index (κ1) is 57.4. The number of esters is 4. The molecule has 71 heavy (non-hydrogen) atoms. The van der Waals surface area contributed by atoms with Crippen LogP contribution in [0.1, 0.15) is 212 Å². The van der Waals surface area contributed by atoms with Crippen LogP contribution in [0.5, 0.6) is 0 Å². The maximum absolute atomic E-state index is 12.6. The predicted molar refractivity (Wildman–Crippen MR) is 270 cm³/mol. The third kappa shape index (κ3) is 13.3. The molecule has 9 saturated carbocycles. The highest BCUT2D eigenvalue weighted by Crippen LogP contribution is 2.68. The van der Waals surface area contributed by atoms with Crippen LogP contribution in [0.4, 0.5) is 4.79 Å². The van der Waals surface area contributed by atoms with Crippen LogP contribution in [-0.4, -0.2) is 90.6 Å². The van der Waals surface area contributed by atoms with Crippen molar-refractivity contribution in [2.45, 2.75) is 241 Å². The fraction of sp³-hybridized carbons (Fsp3) is 0.914. The van der Waals surface area contributed by atoms with Crippen molar-refractivity contribution in [2.75, 3.05) is 26.4 Å². The average molecular weight is 1000 g/mol. The molecule has 1 saturated heterocycles. The first-order valence-electron chi connectivity index (χ1n) is 28.1. The molecule has 1 aliphatic heterocycles. The summed E-state index contributed by atoms with van der Waals surface area (Å²) in [4.78, 5) is 58.9. The Hall–Kier alpha value is -2.93. The van der Waals surface area contributed by atoms with E-state index in [1.807, 2.05) is 76.2 Å². The highest BCUT2D eigenvalue weighted by Gasteiger charge is 2.64. The van der Waals surface area contributed by atoms with Crippen LogP contribution in [0.3, 0.4) is 0 Å². The molecule has 10 fully saturated rings. The Morgan fingerprint density at radius 2 is 1.17 bits per heavy atom. The monoisotopic (exact) mass is 1000 g/mol. The molecule has 10 atom stereocenters. The Morgan fingerprint density at radius 1 is 0.648 bits per heavy atom. The molecule has 10 rings (SSSR count). The van der Waals surface area contributed by atoms with Crippen LogP contribution in [0.15, 0.2) is 0 Å². The molecule has 8 bridgehead atoms. The van der Waals surface area contributed by atoms with E-state index >= 15 is 0 Å². The Balaban J connectivity index is 0.000000158. The summed E-state index contributed by atoms with van der Waals surface area (Å²) in [6, 6.07) is 0. The Morgan fingerprint density at radius 3 is 1.70 bits per heavy atom. The number of aliphatic hydroxyl groups excluding tert-OH is 1. The first-order chi connectivity index (χ1) is 33.2. The van der Waals surface area contributed by atoms with E-state index in [2.05, 4.69) is 18.6 Å². The zero-order chi connectivity index (χ0) is 52.4. The summed E-state index contributed by atoms with van der Waals surface area (Å²) in [5, 5.41) is 9.11. The summed E-state index contributed by atoms with van der Waals surface area (Å²) in [5.74, 6) is 6.38. The molecule has 0 radical (unpaired) electrons. The zero-order valence-electron chi connectivity index (χ0n) is 46.4. The first-order valence-corrected chi connectivity index (χ1v) is 28.1. The van der Waals surface area contributed by atoms with Crippen molar-refractivity contribution in [1.29, 1.82) is 0 Å². The van der Waals surface area contributed by atoms with Gasteiger partial charge in [-0.25, -0.2) is 4.79 Å². The second-order valence-electron chi connectivity index (χ2n) is 26.5. The van der Waals surface area contributed by atoms with Crippen molar-refractivity contribution >= 4 is 30.0 Å². The summed E-state index contributed by atoms with van der Waals surface area (Å²) in [6.07, 6.45) is 19.9. The lowest BCUT2D eigenvalue weighted by Crippen LogP contribution is -2.62. The van der Waals surface area contributed by atoms with Crippen molar-refractivity contribution in [2.24, 2.45) is 69.0 Å². The lowest BCUT2D eigenvalue weighted by molar-refractivity contribution is -0.239. The second kappa shape index (κ2) is 22.5. The van der Waals surface area contributed by atoms with Gasteiger partial charge in [-0.1, -0.05) is 27.7 Å². The van der Waals surface area contributed by atoms with Crippen LogP contribution in [0.2, 0.25) is 0 Å². The Bertz CT molecular complexity index is 1850. The van der Waals surface area contributed by atoms with E-state index in [4.69, 9.17) is 33.5 Å². The minimum absolute atomic E-state index is 0.0376. The van der Waals surface area contributed by atoms with Gasteiger partial charge in [0.1, 0.15) is 30.5 Å². The van der Waals surface area contributed by atoms with Crippen LogP contribution in [0, 0.1) is 69.0 Å². The van der Waals surface area contributed by atoms with Gasteiger partial charge in [-0.3, -0.25) is 19.2 Å². The molecule has 406 valence electrons. The van der Waals surface area contributed by atoms with Gasteiger partial charge < -0.3 is 38.3 Å². The molecule has 0 spiro atoms. The van der Waals surface area contributed by atoms with Gasteiger partial charge in [0.15, 0.2) is 6.10 Å². The molecular weight excluding hydrogens is 905 g/mol. The Kier molecular flexibility index (Phi) is 18.2. The summed E-state index contributed by atoms with van der Waals surface area (Å²) in [5.41, 5.74) is -2.20. The minimum Gasteiger partial charge on any atom is -0.462 e. The average Bonchev–Trinajstić information content (AvgIpc) is 4.20. The van der Waals surface area contributed by atoms with Crippen LogP contribution < -0.4 is 0 Å². The van der Waals surface area contributed by atoms with Gasteiger partial charge in [-0.2, -0.15) is 0 Å². The lowest BCUT2D eigenvalue weighted by atomic mass is 9.52. The predicted octanol–water partition coefficient (Wildman–Crippen LogP) is 11.9. The maximum Gasteiger partial charge on any atom is 0.508 e. The van der Waals surface area contributed by atoms with Crippen LogP contribution in [-0.2, 0) is 52.3 Å². The molecule has 13 heteroatoms. The number of carbonyl (C=O) groups excluding carboxylic acids is 5. The number of aliphatic hydroxyl groups is 1. The van der Waals surface area contributed by atoms with E-state index in [-0.39, 0.29) is 77.4 Å². The molecule has 0 aromatic heterocycles. The van der Waals surface area contributed by atoms with Crippen molar-refractivity contribution < 1.29 is 62.2 Å². The number of ether oxygens (including phenoxy) is 7. The normalized spacial score (nSPS) is 34.6. The van der Waals surface area contributed by atoms with E-state index in [1.165, 1.54) is 51.4 Å². The van der Waals surface area contributed by atoms with Gasteiger partial charge in [0.25, 0.3) is 0 Å². The standard InChI is InChI=1S/C18H30O4.C18H28O2.C12H22O2.C10H16O5/c1-4-16(2,3)15(20)22-18-10-13-7-14(11-18)9-17(8-13,12-18)21-6-5-19;1-4-18(2,3)17(19)20-14-9-12-8-13(14)16-11-6-5-10(7-11)15(12)16;1-5-11(2,3)10(13)14-12(4)8-6-7-9-12;1-4-10(2,3)8(11)13-5-7-6-14-9(12)15-7/h13-14,19H,4-12H2,1-3H3;10-16H,4-9H2,1-3H3;5-9H2,1-4H3;7H,4-6H2,1-3H3. The lowest BCUT2D eigenvalue weighted by Gasteiger charge is -2.61. The summed E-state index contributed by atoms with van der Waals surface area (Å²) in [6.45, 7) is 26.3. The highest BCUT2D eigenvalue weighted by atomic mass is 16.8. The van der Waals surface area contributed by atoms with Gasteiger partial charge in [-0.15, -0.1) is 0 Å². The molecule has 9 aliphatic carbocycles. The smallest absolute Gasteiger partial charge is 0.462 e. The largest absolute Gasteiger partial charge is 0.508 e. The molecule has 0 aromatic carbocycles. The molecule has 10 unspecified atom stereocenters. The van der Waals surface area contributed by atoms with E-state index in [9.17, 15) is 24.0 Å². The van der Waals surface area contributed by atoms with Gasteiger partial charge in [0, 0.05) is 6.42 Å². The minimum atomic E-state index is -0.703. The molecule has 0 amide bonds. The molecule has 0 aromatic rings. The van der Waals surface area contributed by atoms with E-state index in [0.29, 0.717) is 30.8 Å². The fourth-order valence-electron chi connectivity index (χ4n) is 13.9. The molecule has 13 nitrogen and oxygen atoms in total.